The van der Waals surface area contributed by atoms with E-state index >= 15 is 0 Å². The van der Waals surface area contributed by atoms with Crippen molar-refractivity contribution in [1.29, 1.82) is 0 Å². The molecule has 1 aromatic carbocycles. The Hall–Kier alpha value is -1.42. The third kappa shape index (κ3) is 2.47. The molecule has 0 saturated carbocycles. The Morgan fingerprint density at radius 2 is 1.94 bits per heavy atom. The maximum Gasteiger partial charge on any atom is 0.160 e. The molecule has 0 amide bonds. The van der Waals surface area contributed by atoms with Crippen molar-refractivity contribution in [3.63, 3.8) is 0 Å². The summed E-state index contributed by atoms with van der Waals surface area (Å²) in [5.74, 6) is 1.51. The van der Waals surface area contributed by atoms with Gasteiger partial charge >= 0.3 is 0 Å². The molecule has 0 aliphatic carbocycles. The molecule has 0 radical (unpaired) electrons. The minimum absolute atomic E-state index is 0.707. The van der Waals surface area contributed by atoms with Crippen molar-refractivity contribution in [2.24, 2.45) is 0 Å². The second-order valence-corrected chi connectivity index (χ2v) is 4.53. The molecule has 0 bridgehead atoms. The van der Waals surface area contributed by atoms with Crippen LogP contribution in [0, 0.1) is 13.8 Å². The fraction of sp³-hybridized carbons (Fsp3) is 0.231. The van der Waals surface area contributed by atoms with Crippen LogP contribution < -0.4 is 4.74 Å². The molecule has 0 unspecified atom stereocenters. The number of rotatable bonds is 2. The summed E-state index contributed by atoms with van der Waals surface area (Å²) in [6.07, 6.45) is 0. The fourth-order valence-corrected chi connectivity index (χ4v) is 1.94. The topological polar surface area (TPSA) is 35.0 Å². The average Bonchev–Trinajstić information content (AvgIpc) is 2.35. The van der Waals surface area contributed by atoms with Gasteiger partial charge in [0.2, 0.25) is 0 Å². The van der Waals surface area contributed by atoms with E-state index in [0.29, 0.717) is 5.82 Å². The molecule has 0 saturated heterocycles. The number of aryl methyl sites for hydroxylation is 1. The minimum atomic E-state index is 0.707. The quantitative estimate of drug-likeness (QED) is 0.794. The number of aromatic nitrogens is 2. The lowest BCUT2D eigenvalue weighted by Gasteiger charge is -2.07. The van der Waals surface area contributed by atoms with E-state index in [0.717, 1.165) is 27.2 Å². The molecule has 17 heavy (non-hydrogen) atoms. The molecular weight excluding hydrogens is 280 g/mol. The molecule has 1 aromatic heterocycles. The standard InChI is InChI=1S/C13H13BrN2O/c1-8-9(2)15-13(16-12(8)14)10-5-4-6-11(7-10)17-3/h4-7H,1-3H3. The van der Waals surface area contributed by atoms with Gasteiger partial charge in [0.15, 0.2) is 5.82 Å². The lowest BCUT2D eigenvalue weighted by molar-refractivity contribution is 0.415. The van der Waals surface area contributed by atoms with Crippen LogP contribution in [-0.2, 0) is 0 Å². The summed E-state index contributed by atoms with van der Waals surface area (Å²) in [4.78, 5) is 8.91. The smallest absolute Gasteiger partial charge is 0.160 e. The zero-order valence-corrected chi connectivity index (χ0v) is 11.6. The van der Waals surface area contributed by atoms with Gasteiger partial charge in [-0.05, 0) is 41.9 Å². The Kier molecular flexibility index (Phi) is 3.43. The van der Waals surface area contributed by atoms with Crippen molar-refractivity contribution in [2.75, 3.05) is 7.11 Å². The van der Waals surface area contributed by atoms with E-state index in [2.05, 4.69) is 25.9 Å². The minimum Gasteiger partial charge on any atom is -0.497 e. The van der Waals surface area contributed by atoms with E-state index in [1.807, 2.05) is 38.1 Å². The van der Waals surface area contributed by atoms with Gasteiger partial charge in [0, 0.05) is 16.8 Å². The van der Waals surface area contributed by atoms with E-state index in [4.69, 9.17) is 4.74 Å². The maximum absolute atomic E-state index is 5.19. The molecule has 1 heterocycles. The number of halogens is 1. The fourth-order valence-electron chi connectivity index (χ4n) is 1.49. The van der Waals surface area contributed by atoms with Crippen LogP contribution in [0.1, 0.15) is 11.3 Å². The SMILES string of the molecule is COc1cccc(-c2nc(C)c(C)c(Br)n2)c1. The number of nitrogens with zero attached hydrogens (tertiary/aromatic N) is 2. The molecule has 0 aliphatic heterocycles. The van der Waals surface area contributed by atoms with Crippen molar-refractivity contribution < 1.29 is 4.74 Å². The highest BCUT2D eigenvalue weighted by atomic mass is 79.9. The summed E-state index contributed by atoms with van der Waals surface area (Å²) in [7, 11) is 1.65. The van der Waals surface area contributed by atoms with Gasteiger partial charge < -0.3 is 4.74 Å². The Balaban J connectivity index is 2.52. The zero-order chi connectivity index (χ0) is 12.4. The average molecular weight is 293 g/mol. The van der Waals surface area contributed by atoms with Crippen molar-refractivity contribution in [3.8, 4) is 17.1 Å². The number of methoxy groups -OCH3 is 1. The van der Waals surface area contributed by atoms with E-state index in [-0.39, 0.29) is 0 Å². The second kappa shape index (κ2) is 4.84. The number of hydrogen-bond acceptors (Lipinski definition) is 3. The summed E-state index contributed by atoms with van der Waals surface area (Å²) < 4.78 is 6.03. The Morgan fingerprint density at radius 3 is 2.59 bits per heavy atom. The lowest BCUT2D eigenvalue weighted by atomic mass is 10.2. The number of hydrogen-bond donors (Lipinski definition) is 0. The summed E-state index contributed by atoms with van der Waals surface area (Å²) >= 11 is 3.45. The zero-order valence-electron chi connectivity index (χ0n) is 9.99. The van der Waals surface area contributed by atoms with Gasteiger partial charge in [-0.1, -0.05) is 12.1 Å². The molecule has 3 nitrogen and oxygen atoms in total. The number of ether oxygens (including phenoxy) is 1. The Bertz CT molecular complexity index is 532. The maximum atomic E-state index is 5.19. The van der Waals surface area contributed by atoms with Gasteiger partial charge in [-0.15, -0.1) is 0 Å². The van der Waals surface area contributed by atoms with Gasteiger partial charge in [-0.3, -0.25) is 0 Å². The molecule has 0 aliphatic rings. The van der Waals surface area contributed by atoms with Crippen molar-refractivity contribution in [2.45, 2.75) is 13.8 Å². The van der Waals surface area contributed by atoms with Crippen LogP contribution >= 0.6 is 15.9 Å². The first-order valence-electron chi connectivity index (χ1n) is 5.27. The molecule has 4 heteroatoms. The van der Waals surface area contributed by atoms with Crippen molar-refractivity contribution in [1.82, 2.24) is 9.97 Å². The van der Waals surface area contributed by atoms with Crippen LogP contribution in [0.5, 0.6) is 5.75 Å². The van der Waals surface area contributed by atoms with Crippen LogP contribution in [0.15, 0.2) is 28.9 Å². The van der Waals surface area contributed by atoms with Crippen molar-refractivity contribution >= 4 is 15.9 Å². The van der Waals surface area contributed by atoms with E-state index < -0.39 is 0 Å². The highest BCUT2D eigenvalue weighted by Gasteiger charge is 2.08. The van der Waals surface area contributed by atoms with Gasteiger partial charge in [0.05, 0.1) is 7.11 Å². The molecular formula is C13H13BrN2O. The first-order valence-corrected chi connectivity index (χ1v) is 6.06. The van der Waals surface area contributed by atoms with Crippen LogP contribution in [0.25, 0.3) is 11.4 Å². The molecule has 2 aromatic rings. The second-order valence-electron chi connectivity index (χ2n) is 3.78. The molecule has 0 fully saturated rings. The Labute approximate surface area is 109 Å². The van der Waals surface area contributed by atoms with Crippen molar-refractivity contribution in [3.05, 3.63) is 40.1 Å². The third-order valence-electron chi connectivity index (χ3n) is 2.66. The highest BCUT2D eigenvalue weighted by molar-refractivity contribution is 9.10. The predicted molar refractivity (Wildman–Crippen MR) is 71.2 cm³/mol. The summed E-state index contributed by atoms with van der Waals surface area (Å²) in [6, 6.07) is 7.73. The van der Waals surface area contributed by atoms with Crippen LogP contribution in [-0.4, -0.2) is 17.1 Å². The van der Waals surface area contributed by atoms with E-state index in [1.165, 1.54) is 0 Å². The molecule has 2 rings (SSSR count). The summed E-state index contributed by atoms with van der Waals surface area (Å²) in [6.45, 7) is 3.97. The van der Waals surface area contributed by atoms with E-state index in [9.17, 15) is 0 Å². The van der Waals surface area contributed by atoms with Crippen LogP contribution in [0.2, 0.25) is 0 Å². The van der Waals surface area contributed by atoms with Gasteiger partial charge in [-0.2, -0.15) is 0 Å². The number of benzene rings is 1. The summed E-state index contributed by atoms with van der Waals surface area (Å²) in [5.41, 5.74) is 2.99. The lowest BCUT2D eigenvalue weighted by Crippen LogP contribution is -1.97. The molecule has 0 atom stereocenters. The predicted octanol–water partition coefficient (Wildman–Crippen LogP) is 3.53. The normalized spacial score (nSPS) is 10.4. The van der Waals surface area contributed by atoms with Crippen LogP contribution in [0.3, 0.4) is 0 Å². The molecule has 88 valence electrons. The Morgan fingerprint density at radius 1 is 1.18 bits per heavy atom. The summed E-state index contributed by atoms with van der Waals surface area (Å²) in [5, 5.41) is 0. The molecule has 0 spiro atoms. The first-order chi connectivity index (χ1) is 8.11. The highest BCUT2D eigenvalue weighted by Crippen LogP contribution is 2.24. The molecule has 0 N–H and O–H groups in total. The van der Waals surface area contributed by atoms with E-state index in [1.54, 1.807) is 7.11 Å². The monoisotopic (exact) mass is 292 g/mol. The van der Waals surface area contributed by atoms with Gasteiger partial charge in [-0.25, -0.2) is 9.97 Å². The van der Waals surface area contributed by atoms with Crippen LogP contribution in [0.4, 0.5) is 0 Å². The third-order valence-corrected chi connectivity index (χ3v) is 3.43. The van der Waals surface area contributed by atoms with Gasteiger partial charge in [0.1, 0.15) is 10.4 Å². The van der Waals surface area contributed by atoms with Gasteiger partial charge in [0.25, 0.3) is 0 Å². The largest absolute Gasteiger partial charge is 0.497 e. The first kappa shape index (κ1) is 12.0.